The molecule has 8 nitrogen and oxygen atoms in total. The molecule has 1 saturated carbocycles. The van der Waals surface area contributed by atoms with Crippen LogP contribution in [0.1, 0.15) is 36.1 Å². The summed E-state index contributed by atoms with van der Waals surface area (Å²) in [5, 5.41) is 11.9. The lowest BCUT2D eigenvalue weighted by Crippen LogP contribution is -2.38. The number of hydrogen-bond donors (Lipinski definition) is 1. The van der Waals surface area contributed by atoms with Gasteiger partial charge >= 0.3 is 0 Å². The molecule has 3 aromatic heterocycles. The van der Waals surface area contributed by atoms with Gasteiger partial charge in [0.15, 0.2) is 5.69 Å². The van der Waals surface area contributed by atoms with Crippen molar-refractivity contribution < 1.29 is 9.26 Å². The Hall–Kier alpha value is -3.52. The SMILES string of the molecule is CNc1ccc(Cn2nc(-c3nc(-c4ccc(C5(COC)CCC5)cc4)no3)cc2C)cn1. The second-order valence-corrected chi connectivity index (χ2v) is 8.70. The fourth-order valence-corrected chi connectivity index (χ4v) is 4.43. The van der Waals surface area contributed by atoms with Crippen LogP contribution in [0.25, 0.3) is 23.0 Å². The molecule has 0 amide bonds. The molecule has 1 N–H and O–H groups in total. The summed E-state index contributed by atoms with van der Waals surface area (Å²) in [7, 11) is 3.62. The average molecular weight is 445 g/mol. The summed E-state index contributed by atoms with van der Waals surface area (Å²) in [5.74, 6) is 1.81. The lowest BCUT2D eigenvalue weighted by molar-refractivity contribution is 0.0792. The van der Waals surface area contributed by atoms with E-state index in [0.717, 1.165) is 29.2 Å². The number of rotatable bonds is 8. The standard InChI is InChI=1S/C25H28N6O2/c1-17-13-21(29-31(17)15-18-5-10-22(26-2)27-14-18)24-28-23(30-33-24)19-6-8-20(9-7-19)25(16-32-3)11-4-12-25/h5-10,13-14H,4,11-12,15-16H2,1-3H3,(H,26,27). The van der Waals surface area contributed by atoms with E-state index in [1.165, 1.54) is 24.8 Å². The minimum Gasteiger partial charge on any atom is -0.384 e. The van der Waals surface area contributed by atoms with Gasteiger partial charge in [0.1, 0.15) is 5.82 Å². The first-order valence-corrected chi connectivity index (χ1v) is 11.2. The van der Waals surface area contributed by atoms with Crippen molar-refractivity contribution in [3.8, 4) is 23.0 Å². The Bertz CT molecular complexity index is 1220. The summed E-state index contributed by atoms with van der Waals surface area (Å²) >= 11 is 0. The van der Waals surface area contributed by atoms with E-state index in [1.807, 2.05) is 43.0 Å². The molecule has 0 aliphatic heterocycles. The predicted octanol–water partition coefficient (Wildman–Crippen LogP) is 4.46. The number of methoxy groups -OCH3 is 1. The van der Waals surface area contributed by atoms with Crippen molar-refractivity contribution in [2.75, 3.05) is 26.1 Å². The van der Waals surface area contributed by atoms with E-state index in [9.17, 15) is 0 Å². The van der Waals surface area contributed by atoms with Crippen molar-refractivity contribution in [1.82, 2.24) is 24.9 Å². The first kappa shape index (κ1) is 21.3. The van der Waals surface area contributed by atoms with Crippen molar-refractivity contribution in [1.29, 1.82) is 0 Å². The van der Waals surface area contributed by atoms with E-state index in [2.05, 4.69) is 49.8 Å². The second-order valence-electron chi connectivity index (χ2n) is 8.70. The van der Waals surface area contributed by atoms with E-state index in [0.29, 0.717) is 24.0 Å². The molecule has 170 valence electrons. The van der Waals surface area contributed by atoms with Crippen LogP contribution >= 0.6 is 0 Å². The number of nitrogens with one attached hydrogen (secondary N) is 1. The summed E-state index contributed by atoms with van der Waals surface area (Å²) in [6, 6.07) is 14.4. The Labute approximate surface area is 193 Å². The molecule has 1 aliphatic rings. The largest absolute Gasteiger partial charge is 0.384 e. The molecule has 0 atom stereocenters. The Balaban J connectivity index is 1.33. The van der Waals surface area contributed by atoms with Gasteiger partial charge < -0.3 is 14.6 Å². The highest BCUT2D eigenvalue weighted by Crippen LogP contribution is 2.44. The number of nitrogens with zero attached hydrogens (tertiary/aromatic N) is 5. The summed E-state index contributed by atoms with van der Waals surface area (Å²) in [4.78, 5) is 8.96. The van der Waals surface area contributed by atoms with Crippen LogP contribution in [0, 0.1) is 6.92 Å². The first-order chi connectivity index (χ1) is 16.1. The Morgan fingerprint density at radius 3 is 2.61 bits per heavy atom. The number of hydrogen-bond acceptors (Lipinski definition) is 7. The molecule has 1 aliphatic carbocycles. The van der Waals surface area contributed by atoms with Gasteiger partial charge in [-0.3, -0.25) is 4.68 Å². The molecule has 1 aromatic carbocycles. The number of aryl methyl sites for hydroxylation is 1. The minimum atomic E-state index is 0.156. The van der Waals surface area contributed by atoms with Gasteiger partial charge in [-0.05, 0) is 43.0 Å². The Morgan fingerprint density at radius 2 is 1.97 bits per heavy atom. The Morgan fingerprint density at radius 1 is 1.15 bits per heavy atom. The summed E-state index contributed by atoms with van der Waals surface area (Å²) in [6.45, 7) is 3.39. The second kappa shape index (κ2) is 8.78. The first-order valence-electron chi connectivity index (χ1n) is 11.2. The zero-order chi connectivity index (χ0) is 22.8. The van der Waals surface area contributed by atoms with E-state index in [4.69, 9.17) is 9.26 Å². The fourth-order valence-electron chi connectivity index (χ4n) is 4.43. The molecule has 1 fully saturated rings. The van der Waals surface area contributed by atoms with Crippen LogP contribution in [-0.2, 0) is 16.7 Å². The van der Waals surface area contributed by atoms with Crippen molar-refractivity contribution >= 4 is 5.82 Å². The molecule has 33 heavy (non-hydrogen) atoms. The third-order valence-corrected chi connectivity index (χ3v) is 6.53. The van der Waals surface area contributed by atoms with Gasteiger partial charge in [-0.1, -0.05) is 41.9 Å². The molecule has 5 rings (SSSR count). The van der Waals surface area contributed by atoms with Gasteiger partial charge in [-0.2, -0.15) is 10.1 Å². The molecule has 0 bridgehead atoms. The third-order valence-electron chi connectivity index (χ3n) is 6.53. The van der Waals surface area contributed by atoms with Crippen molar-refractivity contribution in [3.05, 3.63) is 65.5 Å². The van der Waals surface area contributed by atoms with Gasteiger partial charge in [0.2, 0.25) is 5.82 Å². The van der Waals surface area contributed by atoms with Crippen LogP contribution in [0.2, 0.25) is 0 Å². The van der Waals surface area contributed by atoms with E-state index >= 15 is 0 Å². The van der Waals surface area contributed by atoms with E-state index in [-0.39, 0.29) is 5.41 Å². The van der Waals surface area contributed by atoms with E-state index < -0.39 is 0 Å². The van der Waals surface area contributed by atoms with Crippen LogP contribution in [0.3, 0.4) is 0 Å². The van der Waals surface area contributed by atoms with Crippen molar-refractivity contribution in [2.45, 2.75) is 38.1 Å². The number of pyridine rings is 1. The van der Waals surface area contributed by atoms with Gasteiger partial charge in [0.25, 0.3) is 5.89 Å². The number of ether oxygens (including phenoxy) is 1. The van der Waals surface area contributed by atoms with Crippen LogP contribution in [-0.4, -0.2) is 45.7 Å². The zero-order valence-electron chi connectivity index (χ0n) is 19.2. The zero-order valence-corrected chi connectivity index (χ0v) is 19.2. The maximum atomic E-state index is 5.54. The third kappa shape index (κ3) is 4.14. The fraction of sp³-hybridized carbons (Fsp3) is 0.360. The van der Waals surface area contributed by atoms with Crippen molar-refractivity contribution in [3.63, 3.8) is 0 Å². The summed E-state index contributed by atoms with van der Waals surface area (Å²) in [6.07, 6.45) is 5.44. The van der Waals surface area contributed by atoms with Crippen LogP contribution < -0.4 is 5.32 Å². The molecule has 0 unspecified atom stereocenters. The van der Waals surface area contributed by atoms with Crippen LogP contribution in [0.15, 0.2) is 53.2 Å². The van der Waals surface area contributed by atoms with E-state index in [1.54, 1.807) is 7.11 Å². The molecular formula is C25H28N6O2. The number of anilines is 1. The summed E-state index contributed by atoms with van der Waals surface area (Å²) in [5.41, 5.74) is 5.13. The maximum absolute atomic E-state index is 5.54. The van der Waals surface area contributed by atoms with Gasteiger partial charge in [0.05, 0.1) is 13.2 Å². The molecular weight excluding hydrogens is 416 g/mol. The molecule has 4 aromatic rings. The highest BCUT2D eigenvalue weighted by molar-refractivity contribution is 5.59. The van der Waals surface area contributed by atoms with Gasteiger partial charge in [0, 0.05) is 37.0 Å². The van der Waals surface area contributed by atoms with Gasteiger partial charge in [-0.25, -0.2) is 4.98 Å². The highest BCUT2D eigenvalue weighted by Gasteiger charge is 2.38. The molecule has 0 spiro atoms. The lowest BCUT2D eigenvalue weighted by atomic mass is 9.65. The topological polar surface area (TPSA) is 90.9 Å². The predicted molar refractivity (Wildman–Crippen MR) is 126 cm³/mol. The molecule has 0 radical (unpaired) electrons. The molecule has 0 saturated heterocycles. The smallest absolute Gasteiger partial charge is 0.278 e. The number of aromatic nitrogens is 5. The Kier molecular flexibility index (Phi) is 5.68. The normalized spacial score (nSPS) is 14.8. The molecule has 3 heterocycles. The monoisotopic (exact) mass is 444 g/mol. The highest BCUT2D eigenvalue weighted by atomic mass is 16.5. The number of benzene rings is 1. The van der Waals surface area contributed by atoms with Crippen molar-refractivity contribution in [2.24, 2.45) is 0 Å². The summed E-state index contributed by atoms with van der Waals surface area (Å²) < 4.78 is 12.9. The van der Waals surface area contributed by atoms with Crippen LogP contribution in [0.5, 0.6) is 0 Å². The van der Waals surface area contributed by atoms with Gasteiger partial charge in [-0.15, -0.1) is 0 Å². The quantitative estimate of drug-likeness (QED) is 0.429. The minimum absolute atomic E-state index is 0.156. The lowest BCUT2D eigenvalue weighted by Gasteiger charge is -2.42. The average Bonchev–Trinajstić information content (AvgIpc) is 3.44. The maximum Gasteiger partial charge on any atom is 0.278 e. The molecule has 8 heteroatoms. The van der Waals surface area contributed by atoms with Crippen LogP contribution in [0.4, 0.5) is 5.82 Å².